The van der Waals surface area contributed by atoms with E-state index in [1.807, 2.05) is 34.1 Å². The molecule has 0 atom stereocenters. The molecule has 0 radical (unpaired) electrons. The third-order valence-electron chi connectivity index (χ3n) is 5.26. The second-order valence-corrected chi connectivity index (χ2v) is 6.87. The average molecular weight is 324 g/mol. The van der Waals surface area contributed by atoms with Crippen LogP contribution in [0.3, 0.4) is 0 Å². The lowest BCUT2D eigenvalue weighted by Crippen LogP contribution is -2.43. The Morgan fingerprint density at radius 1 is 1.12 bits per heavy atom. The van der Waals surface area contributed by atoms with E-state index < -0.39 is 0 Å². The number of fused-ring (bicyclic) bond motifs is 1. The Hall–Kier alpha value is -2.14. The van der Waals surface area contributed by atoms with Crippen molar-refractivity contribution in [3.63, 3.8) is 0 Å². The topological polar surface area (TPSA) is 41.4 Å². The molecule has 0 spiro atoms. The maximum atomic E-state index is 12.7. The summed E-state index contributed by atoms with van der Waals surface area (Å²) in [5, 5.41) is 4.29. The first-order valence-corrected chi connectivity index (χ1v) is 8.87. The minimum absolute atomic E-state index is 0.241. The van der Waals surface area contributed by atoms with Crippen molar-refractivity contribution in [3.05, 3.63) is 48.3 Å². The highest BCUT2D eigenvalue weighted by molar-refractivity contribution is 5.96. The number of benzene rings is 1. The van der Waals surface area contributed by atoms with Gasteiger partial charge >= 0.3 is 0 Å². The predicted molar refractivity (Wildman–Crippen MR) is 93.9 cm³/mol. The third kappa shape index (κ3) is 3.22. The lowest BCUT2D eigenvalue weighted by atomic mass is 9.97. The van der Waals surface area contributed by atoms with Gasteiger partial charge in [-0.3, -0.25) is 14.4 Å². The van der Waals surface area contributed by atoms with Crippen LogP contribution in [-0.4, -0.2) is 46.8 Å². The molecule has 0 saturated carbocycles. The molecular formula is C19H24N4O. The fraction of sp³-hybridized carbons (Fsp3) is 0.474. The molecule has 126 valence electrons. The first-order valence-electron chi connectivity index (χ1n) is 8.87. The third-order valence-corrected chi connectivity index (χ3v) is 5.26. The smallest absolute Gasteiger partial charge is 0.241 e. The summed E-state index contributed by atoms with van der Waals surface area (Å²) in [6.07, 6.45) is 7.13. The van der Waals surface area contributed by atoms with Crippen LogP contribution in [0.1, 0.15) is 18.4 Å². The lowest BCUT2D eigenvalue weighted by molar-refractivity contribution is -0.120. The van der Waals surface area contributed by atoms with Crippen LogP contribution in [0.25, 0.3) is 0 Å². The first kappa shape index (κ1) is 15.4. The van der Waals surface area contributed by atoms with E-state index in [1.165, 1.54) is 5.56 Å². The summed E-state index contributed by atoms with van der Waals surface area (Å²) in [5.41, 5.74) is 2.40. The number of likely N-dealkylation sites (tertiary alicyclic amines) is 1. The summed E-state index contributed by atoms with van der Waals surface area (Å²) < 4.78 is 2.02. The Kier molecular flexibility index (Phi) is 4.34. The van der Waals surface area contributed by atoms with E-state index in [0.717, 1.165) is 51.1 Å². The monoisotopic (exact) mass is 324 g/mol. The summed E-state index contributed by atoms with van der Waals surface area (Å²) in [5.74, 6) is 0.911. The highest BCUT2D eigenvalue weighted by atomic mass is 16.2. The molecule has 0 bridgehead atoms. The Bertz CT molecular complexity index is 689. The van der Waals surface area contributed by atoms with E-state index in [-0.39, 0.29) is 5.91 Å². The molecule has 5 heteroatoms. The fourth-order valence-corrected chi connectivity index (χ4v) is 3.87. The van der Waals surface area contributed by atoms with Crippen molar-refractivity contribution in [3.8, 4) is 0 Å². The average Bonchev–Trinajstić information content (AvgIpc) is 3.26. The van der Waals surface area contributed by atoms with Gasteiger partial charge in [0.15, 0.2) is 0 Å². The second kappa shape index (κ2) is 6.77. The molecule has 5 nitrogen and oxygen atoms in total. The molecule has 1 fully saturated rings. The SMILES string of the molecule is O=C(CN1CCC(Cn2cccn2)CC1)N1CCc2ccccc21. The molecule has 2 aliphatic rings. The molecular weight excluding hydrogens is 300 g/mol. The van der Waals surface area contributed by atoms with Gasteiger partial charge in [0.2, 0.25) is 5.91 Å². The van der Waals surface area contributed by atoms with Crippen molar-refractivity contribution >= 4 is 11.6 Å². The number of amides is 1. The van der Waals surface area contributed by atoms with Crippen molar-refractivity contribution in [2.24, 2.45) is 5.92 Å². The summed E-state index contributed by atoms with van der Waals surface area (Å²) in [6, 6.07) is 10.2. The number of hydrogen-bond donors (Lipinski definition) is 0. The van der Waals surface area contributed by atoms with Crippen molar-refractivity contribution in [1.29, 1.82) is 0 Å². The van der Waals surface area contributed by atoms with E-state index >= 15 is 0 Å². The van der Waals surface area contributed by atoms with E-state index in [9.17, 15) is 4.79 Å². The molecule has 1 aromatic carbocycles. The zero-order valence-electron chi connectivity index (χ0n) is 14.0. The molecule has 24 heavy (non-hydrogen) atoms. The maximum absolute atomic E-state index is 12.7. The molecule has 2 aromatic rings. The normalized spacial score (nSPS) is 18.8. The molecule has 2 aliphatic heterocycles. The van der Waals surface area contributed by atoms with E-state index in [4.69, 9.17) is 0 Å². The second-order valence-electron chi connectivity index (χ2n) is 6.87. The van der Waals surface area contributed by atoms with Crippen LogP contribution in [-0.2, 0) is 17.8 Å². The van der Waals surface area contributed by atoms with E-state index in [0.29, 0.717) is 12.5 Å². The number of hydrogen-bond acceptors (Lipinski definition) is 3. The van der Waals surface area contributed by atoms with Gasteiger partial charge in [-0.15, -0.1) is 0 Å². The number of carbonyl (C=O) groups is 1. The number of piperidine rings is 1. The molecule has 0 N–H and O–H groups in total. The van der Waals surface area contributed by atoms with E-state index in [1.54, 1.807) is 0 Å². The largest absolute Gasteiger partial charge is 0.311 e. The van der Waals surface area contributed by atoms with Gasteiger partial charge in [-0.1, -0.05) is 18.2 Å². The number of carbonyl (C=O) groups excluding carboxylic acids is 1. The van der Waals surface area contributed by atoms with Crippen LogP contribution in [0.2, 0.25) is 0 Å². The van der Waals surface area contributed by atoms with Crippen LogP contribution in [0, 0.1) is 5.92 Å². The minimum atomic E-state index is 0.241. The van der Waals surface area contributed by atoms with Crippen molar-refractivity contribution in [1.82, 2.24) is 14.7 Å². The number of anilines is 1. The summed E-state index contributed by atoms with van der Waals surface area (Å²) in [4.78, 5) is 17.0. The zero-order chi connectivity index (χ0) is 16.4. The van der Waals surface area contributed by atoms with Crippen LogP contribution in [0.5, 0.6) is 0 Å². The first-order chi connectivity index (χ1) is 11.8. The molecule has 3 heterocycles. The molecule has 1 saturated heterocycles. The standard InChI is InChI=1S/C19H24N4O/c24-19(23-13-8-17-4-1-2-5-18(17)23)15-21-11-6-16(7-12-21)14-22-10-3-9-20-22/h1-5,9-10,16H,6-8,11-15H2. The van der Waals surface area contributed by atoms with Crippen LogP contribution in [0.4, 0.5) is 5.69 Å². The fourth-order valence-electron chi connectivity index (χ4n) is 3.87. The summed E-state index contributed by atoms with van der Waals surface area (Å²) in [6.45, 7) is 4.38. The maximum Gasteiger partial charge on any atom is 0.241 e. The van der Waals surface area contributed by atoms with Crippen molar-refractivity contribution in [2.45, 2.75) is 25.8 Å². The van der Waals surface area contributed by atoms with Crippen LogP contribution in [0.15, 0.2) is 42.7 Å². The lowest BCUT2D eigenvalue weighted by Gasteiger charge is -2.32. The van der Waals surface area contributed by atoms with Crippen LogP contribution >= 0.6 is 0 Å². The summed E-state index contributed by atoms with van der Waals surface area (Å²) in [7, 11) is 0. The highest BCUT2D eigenvalue weighted by Crippen LogP contribution is 2.28. The van der Waals surface area contributed by atoms with Gasteiger partial charge in [-0.2, -0.15) is 5.10 Å². The minimum Gasteiger partial charge on any atom is -0.311 e. The summed E-state index contributed by atoms with van der Waals surface area (Å²) >= 11 is 0. The predicted octanol–water partition coefficient (Wildman–Crippen LogP) is 2.18. The van der Waals surface area contributed by atoms with Gasteiger partial charge in [-0.05, 0) is 56.0 Å². The van der Waals surface area contributed by atoms with Gasteiger partial charge in [0, 0.05) is 31.2 Å². The molecule has 1 amide bonds. The highest BCUT2D eigenvalue weighted by Gasteiger charge is 2.27. The Balaban J connectivity index is 1.29. The van der Waals surface area contributed by atoms with Crippen molar-refractivity contribution < 1.29 is 4.79 Å². The van der Waals surface area contributed by atoms with Gasteiger partial charge in [0.25, 0.3) is 0 Å². The number of aromatic nitrogens is 2. The van der Waals surface area contributed by atoms with Gasteiger partial charge in [-0.25, -0.2) is 0 Å². The molecule has 4 rings (SSSR count). The number of rotatable bonds is 4. The molecule has 0 unspecified atom stereocenters. The van der Waals surface area contributed by atoms with Gasteiger partial charge in [0.05, 0.1) is 6.54 Å². The quantitative estimate of drug-likeness (QED) is 0.866. The number of nitrogens with zero attached hydrogens (tertiary/aromatic N) is 4. The Labute approximate surface area is 142 Å². The number of para-hydroxylation sites is 1. The van der Waals surface area contributed by atoms with Gasteiger partial charge < -0.3 is 4.90 Å². The van der Waals surface area contributed by atoms with Crippen molar-refractivity contribution in [2.75, 3.05) is 31.1 Å². The van der Waals surface area contributed by atoms with Gasteiger partial charge in [0.1, 0.15) is 0 Å². The zero-order valence-corrected chi connectivity index (χ0v) is 14.0. The van der Waals surface area contributed by atoms with Crippen LogP contribution < -0.4 is 4.90 Å². The molecule has 0 aliphatic carbocycles. The van der Waals surface area contributed by atoms with E-state index in [2.05, 4.69) is 28.2 Å². The Morgan fingerprint density at radius 3 is 2.75 bits per heavy atom. The Morgan fingerprint density at radius 2 is 1.96 bits per heavy atom. The molecule has 1 aromatic heterocycles.